The van der Waals surface area contributed by atoms with Crippen molar-refractivity contribution in [2.24, 2.45) is 11.8 Å². The standard InChI is InChI=1S/C22H22FN3OS/c1-14(27)26-11-17-10-25(9-16-5-3-7-20-22(16)28-13-24-20)12-19(17)21(26)15-4-2-6-18(23)8-15/h2-8,13,17,19,21H,9-12H2,1H3/t17-,19-,21+/m1/s1. The number of benzene rings is 2. The van der Waals surface area contributed by atoms with Crippen LogP contribution in [0.5, 0.6) is 0 Å². The topological polar surface area (TPSA) is 36.4 Å². The van der Waals surface area contributed by atoms with Crippen molar-refractivity contribution in [2.75, 3.05) is 19.6 Å². The summed E-state index contributed by atoms with van der Waals surface area (Å²) >= 11 is 1.69. The maximum absolute atomic E-state index is 13.9. The summed E-state index contributed by atoms with van der Waals surface area (Å²) in [5.41, 5.74) is 5.18. The molecular weight excluding hydrogens is 373 g/mol. The van der Waals surface area contributed by atoms with Gasteiger partial charge in [0.25, 0.3) is 0 Å². The number of thiazole rings is 1. The largest absolute Gasteiger partial charge is 0.335 e. The predicted molar refractivity (Wildman–Crippen MR) is 108 cm³/mol. The minimum Gasteiger partial charge on any atom is -0.335 e. The van der Waals surface area contributed by atoms with Crippen LogP contribution in [0.15, 0.2) is 48.0 Å². The Hall–Kier alpha value is -2.31. The summed E-state index contributed by atoms with van der Waals surface area (Å²) < 4.78 is 15.1. The highest BCUT2D eigenvalue weighted by Gasteiger charge is 2.48. The van der Waals surface area contributed by atoms with Gasteiger partial charge in [-0.05, 0) is 35.2 Å². The Labute approximate surface area is 167 Å². The van der Waals surface area contributed by atoms with E-state index in [0.717, 1.165) is 37.3 Å². The van der Waals surface area contributed by atoms with Gasteiger partial charge in [0, 0.05) is 39.0 Å². The number of carbonyl (C=O) groups is 1. The number of hydrogen-bond acceptors (Lipinski definition) is 4. The van der Waals surface area contributed by atoms with E-state index in [-0.39, 0.29) is 17.8 Å². The van der Waals surface area contributed by atoms with Gasteiger partial charge in [0.15, 0.2) is 0 Å². The highest BCUT2D eigenvalue weighted by atomic mass is 32.1. The molecule has 6 heteroatoms. The van der Waals surface area contributed by atoms with Crippen LogP contribution in [0.1, 0.15) is 24.1 Å². The van der Waals surface area contributed by atoms with E-state index in [0.29, 0.717) is 11.8 Å². The number of aromatic nitrogens is 1. The Morgan fingerprint density at radius 1 is 1.21 bits per heavy atom. The number of fused-ring (bicyclic) bond motifs is 2. The third-order valence-electron chi connectivity index (χ3n) is 6.17. The molecule has 2 aliphatic rings. The normalized spacial score (nSPS) is 24.8. The number of rotatable bonds is 3. The molecule has 3 atom stereocenters. The molecule has 0 bridgehead atoms. The van der Waals surface area contributed by atoms with E-state index in [1.54, 1.807) is 30.4 Å². The number of nitrogens with zero attached hydrogens (tertiary/aromatic N) is 3. The smallest absolute Gasteiger partial charge is 0.219 e. The number of hydrogen-bond donors (Lipinski definition) is 0. The number of halogens is 1. The molecule has 2 aliphatic heterocycles. The SMILES string of the molecule is CC(=O)N1C[C@H]2CN(Cc3cccc4ncsc34)C[C@H]2[C@@H]1c1cccc(F)c1. The molecule has 28 heavy (non-hydrogen) atoms. The van der Waals surface area contributed by atoms with E-state index >= 15 is 0 Å². The van der Waals surface area contributed by atoms with Gasteiger partial charge in [-0.1, -0.05) is 24.3 Å². The summed E-state index contributed by atoms with van der Waals surface area (Å²) in [7, 11) is 0. The molecule has 0 aliphatic carbocycles. The second kappa shape index (κ2) is 6.94. The van der Waals surface area contributed by atoms with Crippen molar-refractivity contribution in [1.82, 2.24) is 14.8 Å². The van der Waals surface area contributed by atoms with E-state index in [1.807, 2.05) is 16.5 Å². The summed E-state index contributed by atoms with van der Waals surface area (Å²) in [5, 5.41) is 0. The van der Waals surface area contributed by atoms with Crippen LogP contribution in [0.2, 0.25) is 0 Å². The van der Waals surface area contributed by atoms with Gasteiger partial charge in [-0.2, -0.15) is 0 Å². The average molecular weight is 396 g/mol. The molecule has 3 heterocycles. The lowest BCUT2D eigenvalue weighted by molar-refractivity contribution is -0.130. The van der Waals surface area contributed by atoms with Crippen LogP contribution in [-0.4, -0.2) is 40.3 Å². The van der Waals surface area contributed by atoms with Crippen LogP contribution >= 0.6 is 11.3 Å². The van der Waals surface area contributed by atoms with E-state index in [9.17, 15) is 9.18 Å². The number of carbonyl (C=O) groups excluding carboxylic acids is 1. The summed E-state index contributed by atoms with van der Waals surface area (Å²) in [4.78, 5) is 21.1. The molecule has 1 aromatic heterocycles. The summed E-state index contributed by atoms with van der Waals surface area (Å²) in [5.74, 6) is 0.602. The first-order valence-electron chi connectivity index (χ1n) is 9.66. The van der Waals surface area contributed by atoms with Crippen LogP contribution in [0.4, 0.5) is 4.39 Å². The van der Waals surface area contributed by atoms with Gasteiger partial charge in [0.1, 0.15) is 5.82 Å². The van der Waals surface area contributed by atoms with Gasteiger partial charge in [0.05, 0.1) is 21.8 Å². The summed E-state index contributed by atoms with van der Waals surface area (Å²) in [6.45, 7) is 5.15. The van der Waals surface area contributed by atoms with Crippen LogP contribution < -0.4 is 0 Å². The van der Waals surface area contributed by atoms with E-state index in [1.165, 1.54) is 16.3 Å². The van der Waals surface area contributed by atoms with Crippen molar-refractivity contribution >= 4 is 27.5 Å². The molecule has 0 unspecified atom stereocenters. The first-order valence-corrected chi connectivity index (χ1v) is 10.5. The first-order chi connectivity index (χ1) is 13.6. The van der Waals surface area contributed by atoms with Crippen LogP contribution in [-0.2, 0) is 11.3 Å². The fourth-order valence-electron chi connectivity index (χ4n) is 5.02. The third-order valence-corrected chi connectivity index (χ3v) is 7.08. The zero-order valence-electron chi connectivity index (χ0n) is 15.7. The fourth-order valence-corrected chi connectivity index (χ4v) is 5.82. The van der Waals surface area contributed by atoms with Crippen molar-refractivity contribution in [3.05, 3.63) is 64.9 Å². The van der Waals surface area contributed by atoms with Crippen molar-refractivity contribution in [2.45, 2.75) is 19.5 Å². The van der Waals surface area contributed by atoms with Gasteiger partial charge in [-0.15, -0.1) is 11.3 Å². The predicted octanol–water partition coefficient (Wildman–Crippen LogP) is 4.09. The maximum Gasteiger partial charge on any atom is 0.219 e. The zero-order chi connectivity index (χ0) is 19.3. The van der Waals surface area contributed by atoms with E-state index in [2.05, 4.69) is 28.1 Å². The van der Waals surface area contributed by atoms with Crippen molar-refractivity contribution in [1.29, 1.82) is 0 Å². The molecule has 0 saturated carbocycles. The molecule has 1 amide bonds. The lowest BCUT2D eigenvalue weighted by Crippen LogP contribution is -2.34. The Morgan fingerprint density at radius 2 is 2.07 bits per heavy atom. The zero-order valence-corrected chi connectivity index (χ0v) is 16.5. The molecule has 144 valence electrons. The molecular formula is C22H22FN3OS. The Morgan fingerprint density at radius 3 is 2.89 bits per heavy atom. The van der Waals surface area contributed by atoms with E-state index < -0.39 is 0 Å². The molecule has 0 spiro atoms. The van der Waals surface area contributed by atoms with Gasteiger partial charge >= 0.3 is 0 Å². The van der Waals surface area contributed by atoms with Gasteiger partial charge in [-0.3, -0.25) is 9.69 Å². The monoisotopic (exact) mass is 395 g/mol. The highest BCUT2D eigenvalue weighted by Crippen LogP contribution is 2.45. The van der Waals surface area contributed by atoms with Gasteiger partial charge in [0.2, 0.25) is 5.91 Å². The minimum atomic E-state index is -0.240. The van der Waals surface area contributed by atoms with Crippen LogP contribution in [0.25, 0.3) is 10.2 Å². The van der Waals surface area contributed by atoms with Crippen molar-refractivity contribution in [3.8, 4) is 0 Å². The first kappa shape index (κ1) is 17.8. The molecule has 0 N–H and O–H groups in total. The van der Waals surface area contributed by atoms with Crippen molar-refractivity contribution < 1.29 is 9.18 Å². The second-order valence-corrected chi connectivity index (χ2v) is 8.76. The van der Waals surface area contributed by atoms with E-state index in [4.69, 9.17) is 0 Å². The van der Waals surface area contributed by atoms with Crippen LogP contribution in [0, 0.1) is 17.7 Å². The van der Waals surface area contributed by atoms with Crippen molar-refractivity contribution in [3.63, 3.8) is 0 Å². The Kier molecular flexibility index (Phi) is 4.40. The number of amides is 1. The summed E-state index contributed by atoms with van der Waals surface area (Å²) in [6.07, 6.45) is 0. The average Bonchev–Trinajstić information content (AvgIpc) is 3.35. The van der Waals surface area contributed by atoms with Gasteiger partial charge < -0.3 is 4.90 Å². The second-order valence-electron chi connectivity index (χ2n) is 7.91. The number of likely N-dealkylation sites (tertiary alicyclic amines) is 2. The summed E-state index contributed by atoms with van der Waals surface area (Å²) in [6, 6.07) is 13.0. The minimum absolute atomic E-state index is 0.0394. The molecule has 2 fully saturated rings. The Balaban J connectivity index is 1.40. The highest BCUT2D eigenvalue weighted by molar-refractivity contribution is 7.16. The fraction of sp³-hybridized carbons (Fsp3) is 0.364. The Bertz CT molecular complexity index is 1040. The lowest BCUT2D eigenvalue weighted by atomic mass is 9.89. The van der Waals surface area contributed by atoms with Crippen LogP contribution in [0.3, 0.4) is 0 Å². The molecule has 4 nitrogen and oxygen atoms in total. The lowest BCUT2D eigenvalue weighted by Gasteiger charge is -2.29. The molecule has 2 aromatic carbocycles. The molecule has 3 aromatic rings. The molecule has 5 rings (SSSR count). The third kappa shape index (κ3) is 3.01. The molecule has 2 saturated heterocycles. The quantitative estimate of drug-likeness (QED) is 0.670. The maximum atomic E-state index is 13.9. The van der Waals surface area contributed by atoms with Gasteiger partial charge in [-0.25, -0.2) is 9.37 Å². The molecule has 0 radical (unpaired) electrons.